The van der Waals surface area contributed by atoms with E-state index >= 15 is 0 Å². The lowest BCUT2D eigenvalue weighted by Crippen LogP contribution is -2.28. The normalized spacial score (nSPS) is 15.5. The zero-order valence-corrected chi connectivity index (χ0v) is 16.4. The average molecular weight is 380 g/mol. The van der Waals surface area contributed by atoms with Crippen molar-refractivity contribution in [3.63, 3.8) is 0 Å². The first-order chi connectivity index (χ1) is 13.4. The van der Waals surface area contributed by atoms with Crippen LogP contribution in [0.15, 0.2) is 35.7 Å². The molecule has 0 saturated heterocycles. The summed E-state index contributed by atoms with van der Waals surface area (Å²) in [6, 6.07) is 5.43. The molecule has 0 bridgehead atoms. The van der Waals surface area contributed by atoms with Crippen LogP contribution in [0.4, 0.5) is 5.69 Å². The molecule has 1 aliphatic heterocycles. The van der Waals surface area contributed by atoms with E-state index in [1.165, 1.54) is 6.21 Å². The molecule has 0 spiro atoms. The number of nitrogens with two attached hydrogens (primary N) is 1. The molecule has 3 rings (SSSR count). The molecule has 1 unspecified atom stereocenters. The summed E-state index contributed by atoms with van der Waals surface area (Å²) in [7, 11) is 1.56. The molecule has 0 fully saturated rings. The Morgan fingerprint density at radius 2 is 2.14 bits per heavy atom. The minimum Gasteiger partial charge on any atom is -0.496 e. The molecular formula is C21H24N4O3. The number of carbonyl (C=O) groups excluding carboxylic acids is 1. The first-order valence-electron chi connectivity index (χ1n) is 9.01. The van der Waals surface area contributed by atoms with Gasteiger partial charge in [-0.15, -0.1) is 0 Å². The van der Waals surface area contributed by atoms with E-state index in [4.69, 9.17) is 20.6 Å². The second-order valence-corrected chi connectivity index (χ2v) is 6.57. The number of aryl methyl sites for hydroxylation is 1. The van der Waals surface area contributed by atoms with E-state index in [1.807, 2.05) is 32.9 Å². The molecule has 1 aliphatic rings. The highest BCUT2D eigenvalue weighted by molar-refractivity contribution is 5.98. The standard InChI is InChI=1S/C21H24N4O3/c1-5-28-21-18-17(14-7-6-13(9-22)8-15(14)27-4)16(20(23)26)12(3)25-19(18)11(2)10-24-21/h6-10,17,22,25H,5H2,1-4H3,(H2,23,26). The SMILES string of the molecule is CCOc1ncc(C)c2c1C(c1ccc(C=N)cc1OC)C(C(N)=O)=C(C)N2. The number of aromatic nitrogens is 1. The van der Waals surface area contributed by atoms with E-state index in [9.17, 15) is 4.79 Å². The Balaban J connectivity index is 2.36. The zero-order chi connectivity index (χ0) is 20.4. The molecular weight excluding hydrogens is 356 g/mol. The fourth-order valence-electron chi connectivity index (χ4n) is 3.60. The van der Waals surface area contributed by atoms with E-state index in [-0.39, 0.29) is 0 Å². The van der Waals surface area contributed by atoms with E-state index in [1.54, 1.807) is 19.4 Å². The molecule has 7 heteroatoms. The van der Waals surface area contributed by atoms with Crippen molar-refractivity contribution in [1.82, 2.24) is 4.98 Å². The van der Waals surface area contributed by atoms with Gasteiger partial charge in [0.2, 0.25) is 11.8 Å². The number of anilines is 1. The van der Waals surface area contributed by atoms with Crippen LogP contribution >= 0.6 is 0 Å². The molecule has 1 aromatic carbocycles. The fraction of sp³-hybridized carbons (Fsp3) is 0.286. The van der Waals surface area contributed by atoms with E-state index in [2.05, 4.69) is 10.3 Å². The average Bonchev–Trinajstić information content (AvgIpc) is 2.68. The van der Waals surface area contributed by atoms with Crippen LogP contribution in [0.5, 0.6) is 11.6 Å². The summed E-state index contributed by atoms with van der Waals surface area (Å²) in [5.74, 6) is -0.0142. The van der Waals surface area contributed by atoms with Crippen molar-refractivity contribution in [2.75, 3.05) is 19.0 Å². The molecule has 1 aromatic heterocycles. The highest BCUT2D eigenvalue weighted by atomic mass is 16.5. The number of hydrogen-bond donors (Lipinski definition) is 3. The number of primary amides is 1. The molecule has 1 amide bonds. The summed E-state index contributed by atoms with van der Waals surface area (Å²) in [4.78, 5) is 16.9. The van der Waals surface area contributed by atoms with Crippen molar-refractivity contribution in [1.29, 1.82) is 5.41 Å². The molecule has 4 N–H and O–H groups in total. The number of benzene rings is 1. The molecule has 0 aliphatic carbocycles. The van der Waals surface area contributed by atoms with Crippen molar-refractivity contribution in [3.8, 4) is 11.6 Å². The topological polar surface area (TPSA) is 110 Å². The number of rotatable bonds is 6. The highest BCUT2D eigenvalue weighted by Crippen LogP contribution is 2.48. The van der Waals surface area contributed by atoms with Gasteiger partial charge in [0.15, 0.2) is 0 Å². The van der Waals surface area contributed by atoms with Crippen LogP contribution in [0.3, 0.4) is 0 Å². The van der Waals surface area contributed by atoms with Crippen molar-refractivity contribution >= 4 is 17.8 Å². The maximum absolute atomic E-state index is 12.4. The molecule has 2 aromatic rings. The maximum atomic E-state index is 12.4. The van der Waals surface area contributed by atoms with Crippen molar-refractivity contribution in [2.45, 2.75) is 26.7 Å². The molecule has 1 atom stereocenters. The van der Waals surface area contributed by atoms with Crippen LogP contribution in [-0.4, -0.2) is 30.8 Å². The summed E-state index contributed by atoms with van der Waals surface area (Å²) in [6.45, 7) is 6.10. The Kier molecular flexibility index (Phi) is 5.35. The van der Waals surface area contributed by atoms with Gasteiger partial charge < -0.3 is 25.9 Å². The Bertz CT molecular complexity index is 982. The number of ether oxygens (including phenoxy) is 2. The summed E-state index contributed by atoms with van der Waals surface area (Å²) in [5.41, 5.74) is 10.9. The second-order valence-electron chi connectivity index (χ2n) is 6.57. The number of fused-ring (bicyclic) bond motifs is 1. The van der Waals surface area contributed by atoms with E-state index < -0.39 is 11.8 Å². The van der Waals surface area contributed by atoms with Gasteiger partial charge in [-0.05, 0) is 38.0 Å². The molecule has 146 valence electrons. The molecule has 0 radical (unpaired) electrons. The van der Waals surface area contributed by atoms with Crippen LogP contribution in [-0.2, 0) is 4.79 Å². The number of amides is 1. The molecule has 7 nitrogen and oxygen atoms in total. The van der Waals surface area contributed by atoms with Crippen molar-refractivity contribution in [2.24, 2.45) is 5.73 Å². The Morgan fingerprint density at radius 3 is 2.75 bits per heavy atom. The highest BCUT2D eigenvalue weighted by Gasteiger charge is 2.36. The number of hydrogen-bond acceptors (Lipinski definition) is 6. The summed E-state index contributed by atoms with van der Waals surface area (Å²) >= 11 is 0. The summed E-state index contributed by atoms with van der Waals surface area (Å²) < 4.78 is 11.4. The first-order valence-corrected chi connectivity index (χ1v) is 9.01. The lowest BCUT2D eigenvalue weighted by Gasteiger charge is -2.32. The monoisotopic (exact) mass is 380 g/mol. The minimum atomic E-state index is -0.525. The van der Waals surface area contributed by atoms with Crippen molar-refractivity contribution in [3.05, 3.63) is 57.9 Å². The van der Waals surface area contributed by atoms with Gasteiger partial charge in [-0.25, -0.2) is 4.98 Å². The summed E-state index contributed by atoms with van der Waals surface area (Å²) in [5, 5.41) is 10.8. The number of allylic oxidation sites excluding steroid dienone is 1. The quantitative estimate of drug-likeness (QED) is 0.667. The maximum Gasteiger partial charge on any atom is 0.247 e. The van der Waals surface area contributed by atoms with Crippen molar-refractivity contribution < 1.29 is 14.3 Å². The minimum absolute atomic E-state index is 0.432. The number of nitrogens with one attached hydrogen (secondary N) is 2. The van der Waals surface area contributed by atoms with Gasteiger partial charge in [0.25, 0.3) is 0 Å². The zero-order valence-electron chi connectivity index (χ0n) is 16.4. The summed E-state index contributed by atoms with van der Waals surface area (Å²) in [6.07, 6.45) is 2.99. The van der Waals surface area contributed by atoms with Gasteiger partial charge in [0.1, 0.15) is 5.75 Å². The second kappa shape index (κ2) is 7.72. The predicted octanol–water partition coefficient (Wildman–Crippen LogP) is 3.11. The third-order valence-electron chi connectivity index (χ3n) is 4.85. The largest absolute Gasteiger partial charge is 0.496 e. The number of carbonyl (C=O) groups is 1. The van der Waals surface area contributed by atoms with Crippen LogP contribution in [0.2, 0.25) is 0 Å². The number of methoxy groups -OCH3 is 1. The first kappa shape index (κ1) is 19.4. The van der Waals surface area contributed by atoms with Crippen LogP contribution in [0.1, 0.15) is 42.0 Å². The van der Waals surface area contributed by atoms with Gasteiger partial charge in [0.05, 0.1) is 30.9 Å². The van der Waals surface area contributed by atoms with Gasteiger partial charge in [0, 0.05) is 29.2 Å². The lowest BCUT2D eigenvalue weighted by atomic mass is 9.79. The van der Waals surface area contributed by atoms with E-state index in [0.717, 1.165) is 22.4 Å². The van der Waals surface area contributed by atoms with Crippen LogP contribution in [0, 0.1) is 12.3 Å². The Morgan fingerprint density at radius 1 is 1.39 bits per heavy atom. The van der Waals surface area contributed by atoms with Crippen LogP contribution < -0.4 is 20.5 Å². The number of pyridine rings is 1. The number of nitrogens with zero attached hydrogens (tertiary/aromatic N) is 1. The fourth-order valence-corrected chi connectivity index (χ4v) is 3.60. The predicted molar refractivity (Wildman–Crippen MR) is 108 cm³/mol. The molecule has 0 saturated carbocycles. The van der Waals surface area contributed by atoms with E-state index in [0.29, 0.717) is 35.1 Å². The third kappa shape index (κ3) is 3.19. The molecule has 2 heterocycles. The lowest BCUT2D eigenvalue weighted by molar-refractivity contribution is -0.114. The van der Waals surface area contributed by atoms with Gasteiger partial charge in [-0.2, -0.15) is 0 Å². The third-order valence-corrected chi connectivity index (χ3v) is 4.85. The molecule has 28 heavy (non-hydrogen) atoms. The van der Waals surface area contributed by atoms with Crippen LogP contribution in [0.25, 0.3) is 0 Å². The van der Waals surface area contributed by atoms with Gasteiger partial charge in [-0.3, -0.25) is 4.79 Å². The Hall–Kier alpha value is -3.35. The van der Waals surface area contributed by atoms with Gasteiger partial charge >= 0.3 is 0 Å². The Labute approximate surface area is 164 Å². The smallest absolute Gasteiger partial charge is 0.247 e. The van der Waals surface area contributed by atoms with Gasteiger partial charge in [-0.1, -0.05) is 12.1 Å².